The lowest BCUT2D eigenvalue weighted by Gasteiger charge is -2.20. The maximum absolute atomic E-state index is 12.7. The number of hydrogen-bond donors (Lipinski definition) is 1. The van der Waals surface area contributed by atoms with Crippen molar-refractivity contribution in [1.82, 2.24) is 0 Å². The van der Waals surface area contributed by atoms with Crippen LogP contribution in [0.3, 0.4) is 0 Å². The van der Waals surface area contributed by atoms with Crippen molar-refractivity contribution in [2.75, 3.05) is 5.32 Å². The third-order valence-electron chi connectivity index (χ3n) is 4.96. The third-order valence-corrected chi connectivity index (χ3v) is 7.48. The van der Waals surface area contributed by atoms with Crippen LogP contribution in [0.15, 0.2) is 23.1 Å². The molecule has 2 aliphatic rings. The lowest BCUT2D eigenvalue weighted by Crippen LogP contribution is -2.15. The van der Waals surface area contributed by atoms with Crippen LogP contribution in [-0.2, 0) is 23.4 Å². The minimum Gasteiger partial charge on any atom is -0.321 e. The Hall–Kier alpha value is -1.23. The smallest absolute Gasteiger partial charge is 0.262 e. The Morgan fingerprint density at radius 3 is 3.00 bits per heavy atom. The monoisotopic (exact) mass is 389 g/mol. The van der Waals surface area contributed by atoms with E-state index in [2.05, 4.69) is 18.3 Å². The topological polar surface area (TPSA) is 29.1 Å². The number of carbonyl (C=O) groups excluding carboxylic acids is 1. The first kappa shape index (κ1) is 17.2. The molecule has 25 heavy (non-hydrogen) atoms. The van der Waals surface area contributed by atoms with Gasteiger partial charge in [-0.05, 0) is 67.0 Å². The van der Waals surface area contributed by atoms with Crippen LogP contribution in [0.4, 0.5) is 5.69 Å². The lowest BCUT2D eigenvalue weighted by molar-refractivity contribution is -0.112. The first-order valence-corrected chi connectivity index (χ1v) is 10.7. The highest BCUT2D eigenvalue weighted by Crippen LogP contribution is 2.43. The Bertz CT molecular complexity index is 884. The summed E-state index contributed by atoms with van der Waals surface area (Å²) in [5.41, 5.74) is 4.82. The molecule has 0 spiro atoms. The van der Waals surface area contributed by atoms with E-state index in [1.54, 1.807) is 23.4 Å². The van der Waals surface area contributed by atoms with Gasteiger partial charge < -0.3 is 5.32 Å². The number of fused-ring (bicyclic) bond motifs is 3. The molecular formula is C20H20ClNOS2. The predicted octanol–water partition coefficient (Wildman–Crippen LogP) is 6.06. The number of thioether (sulfide) groups is 1. The largest absolute Gasteiger partial charge is 0.321 e. The molecule has 1 atom stereocenters. The van der Waals surface area contributed by atoms with Gasteiger partial charge in [0.1, 0.15) is 0 Å². The second-order valence-corrected chi connectivity index (χ2v) is 9.50. The van der Waals surface area contributed by atoms with Gasteiger partial charge in [-0.3, -0.25) is 4.79 Å². The van der Waals surface area contributed by atoms with Gasteiger partial charge in [0.05, 0.1) is 4.91 Å². The van der Waals surface area contributed by atoms with Crippen LogP contribution < -0.4 is 5.32 Å². The number of anilines is 1. The molecule has 4 rings (SSSR count). The van der Waals surface area contributed by atoms with Crippen molar-refractivity contribution < 1.29 is 4.79 Å². The fraction of sp³-hybridized carbons (Fsp3) is 0.350. The average molecular weight is 390 g/mol. The van der Waals surface area contributed by atoms with Crippen molar-refractivity contribution >= 4 is 52.4 Å². The van der Waals surface area contributed by atoms with Crippen LogP contribution in [-0.4, -0.2) is 5.91 Å². The van der Waals surface area contributed by atoms with Gasteiger partial charge in [0, 0.05) is 26.2 Å². The summed E-state index contributed by atoms with van der Waals surface area (Å²) in [5.74, 6) is 1.64. The number of hydrogen-bond acceptors (Lipinski definition) is 3. The molecule has 2 nitrogen and oxygen atoms in total. The Morgan fingerprint density at radius 2 is 2.16 bits per heavy atom. The van der Waals surface area contributed by atoms with E-state index in [0.29, 0.717) is 5.02 Å². The summed E-state index contributed by atoms with van der Waals surface area (Å²) in [6, 6.07) is 5.57. The van der Waals surface area contributed by atoms with Crippen LogP contribution in [0.2, 0.25) is 5.02 Å². The molecule has 1 aromatic heterocycles. The van der Waals surface area contributed by atoms with E-state index < -0.39 is 0 Å². The molecule has 2 heterocycles. The van der Waals surface area contributed by atoms with Gasteiger partial charge in [-0.2, -0.15) is 0 Å². The van der Waals surface area contributed by atoms with E-state index in [1.165, 1.54) is 34.6 Å². The number of aryl methyl sites for hydroxylation is 1. The first-order chi connectivity index (χ1) is 12.0. The molecule has 0 unspecified atom stereocenters. The standard InChI is InChI=1S/C20H20ClNOS2/c1-11-3-6-14-15-10-24-19(9-18(15)25-17(14)7-11)20(23)22-16-8-13(21)5-4-12(16)2/h4-5,8-9,11H,3,6-7,10H2,1-2H3,(H,22,23)/t11-/m1/s1. The number of carbonyl (C=O) groups is 1. The van der Waals surface area contributed by atoms with E-state index in [9.17, 15) is 4.79 Å². The van der Waals surface area contributed by atoms with Crippen LogP contribution in [0.5, 0.6) is 0 Å². The van der Waals surface area contributed by atoms with Crippen molar-refractivity contribution in [3.8, 4) is 0 Å². The third kappa shape index (κ3) is 3.40. The van der Waals surface area contributed by atoms with Gasteiger partial charge in [0.15, 0.2) is 0 Å². The van der Waals surface area contributed by atoms with Crippen LogP contribution in [0.25, 0.3) is 6.08 Å². The van der Waals surface area contributed by atoms with Crippen LogP contribution in [0.1, 0.15) is 39.8 Å². The number of halogens is 1. The second kappa shape index (κ2) is 6.82. The Morgan fingerprint density at radius 1 is 1.32 bits per heavy atom. The molecule has 1 aliphatic heterocycles. The van der Waals surface area contributed by atoms with Crippen molar-refractivity contribution in [2.24, 2.45) is 5.92 Å². The number of thiophene rings is 1. The number of rotatable bonds is 2. The summed E-state index contributed by atoms with van der Waals surface area (Å²) in [6.45, 7) is 4.30. The minimum atomic E-state index is -0.0410. The summed E-state index contributed by atoms with van der Waals surface area (Å²) in [7, 11) is 0. The molecule has 0 saturated carbocycles. The molecule has 1 aliphatic carbocycles. The fourth-order valence-electron chi connectivity index (χ4n) is 3.47. The normalized spacial score (nSPS) is 19.0. The number of benzene rings is 1. The Kier molecular flexibility index (Phi) is 4.69. The number of amides is 1. The minimum absolute atomic E-state index is 0.0410. The average Bonchev–Trinajstić information content (AvgIpc) is 2.94. The number of nitrogens with one attached hydrogen (secondary N) is 1. The van der Waals surface area contributed by atoms with E-state index in [0.717, 1.165) is 27.8 Å². The molecule has 0 bridgehead atoms. The molecule has 1 N–H and O–H groups in total. The lowest BCUT2D eigenvalue weighted by atomic mass is 9.88. The second-order valence-electron chi connectivity index (χ2n) is 6.91. The summed E-state index contributed by atoms with van der Waals surface area (Å²) >= 11 is 9.58. The van der Waals surface area contributed by atoms with Crippen LogP contribution in [0, 0.1) is 12.8 Å². The SMILES string of the molecule is Cc1ccc(Cl)cc1NC(=O)C1=Cc2sc3c(c2CS1)CC[C@@H](C)C3. The molecule has 0 fully saturated rings. The molecule has 1 aromatic carbocycles. The van der Waals surface area contributed by atoms with E-state index >= 15 is 0 Å². The van der Waals surface area contributed by atoms with Crippen molar-refractivity contribution in [3.63, 3.8) is 0 Å². The first-order valence-electron chi connectivity index (χ1n) is 8.56. The molecular weight excluding hydrogens is 370 g/mol. The molecule has 0 radical (unpaired) electrons. The van der Waals surface area contributed by atoms with Gasteiger partial charge in [0.25, 0.3) is 5.91 Å². The Labute approximate surface area is 161 Å². The molecule has 1 amide bonds. The van der Waals surface area contributed by atoms with Gasteiger partial charge in [-0.25, -0.2) is 0 Å². The molecule has 130 valence electrons. The van der Waals surface area contributed by atoms with E-state index in [-0.39, 0.29) is 5.91 Å². The highest BCUT2D eigenvalue weighted by atomic mass is 35.5. The maximum Gasteiger partial charge on any atom is 0.262 e. The fourth-order valence-corrected chi connectivity index (χ4v) is 6.29. The van der Waals surface area contributed by atoms with Gasteiger partial charge in [-0.15, -0.1) is 23.1 Å². The van der Waals surface area contributed by atoms with E-state index in [4.69, 9.17) is 11.6 Å². The predicted molar refractivity (Wildman–Crippen MR) is 110 cm³/mol. The summed E-state index contributed by atoms with van der Waals surface area (Å²) in [6.07, 6.45) is 5.74. The van der Waals surface area contributed by atoms with Gasteiger partial charge >= 0.3 is 0 Å². The maximum atomic E-state index is 12.7. The van der Waals surface area contributed by atoms with Crippen molar-refractivity contribution in [3.05, 3.63) is 54.6 Å². The summed E-state index contributed by atoms with van der Waals surface area (Å²) in [5, 5.41) is 3.65. The summed E-state index contributed by atoms with van der Waals surface area (Å²) < 4.78 is 0. The molecule has 5 heteroatoms. The van der Waals surface area contributed by atoms with Crippen LogP contribution >= 0.6 is 34.7 Å². The highest BCUT2D eigenvalue weighted by molar-refractivity contribution is 8.03. The van der Waals surface area contributed by atoms with Crippen molar-refractivity contribution in [1.29, 1.82) is 0 Å². The zero-order valence-corrected chi connectivity index (χ0v) is 16.7. The van der Waals surface area contributed by atoms with Gasteiger partial charge in [-0.1, -0.05) is 24.6 Å². The molecule has 2 aromatic rings. The van der Waals surface area contributed by atoms with E-state index in [1.807, 2.05) is 30.4 Å². The highest BCUT2D eigenvalue weighted by Gasteiger charge is 2.27. The van der Waals surface area contributed by atoms with Gasteiger partial charge in [0.2, 0.25) is 0 Å². The quantitative estimate of drug-likeness (QED) is 0.676. The Balaban J connectivity index is 1.59. The molecule has 0 saturated heterocycles. The summed E-state index contributed by atoms with van der Waals surface area (Å²) in [4.78, 5) is 16.3. The zero-order chi connectivity index (χ0) is 17.6. The van der Waals surface area contributed by atoms with Crippen molar-refractivity contribution in [2.45, 2.75) is 38.9 Å². The zero-order valence-electron chi connectivity index (χ0n) is 14.3.